The van der Waals surface area contributed by atoms with E-state index in [1.807, 2.05) is 0 Å². The lowest BCUT2D eigenvalue weighted by Crippen LogP contribution is -2.67. The quantitative estimate of drug-likeness (QED) is 0.161. The van der Waals surface area contributed by atoms with Gasteiger partial charge in [0.1, 0.15) is 6.79 Å². The van der Waals surface area contributed by atoms with Crippen LogP contribution < -0.4 is 0 Å². The SMILES string of the molecule is CCC(C)(C(=O)OC(C1CCC(C(OCOC)(C(F)(F)F)C(F)(F)F)CC1)(C(F)(F)F)C(F)(F)F)C(F)(F)F. The normalized spacial score (nSPS) is 22.4. The number of carbonyl (C=O) groups excluding carboxylic acids is 1. The molecule has 0 aromatic carbocycles. The molecule has 39 heavy (non-hydrogen) atoms. The highest BCUT2D eigenvalue weighted by Crippen LogP contribution is 2.60. The van der Waals surface area contributed by atoms with Crippen LogP contribution in [0.25, 0.3) is 0 Å². The molecule has 0 aliphatic heterocycles. The van der Waals surface area contributed by atoms with Crippen LogP contribution in [0.15, 0.2) is 0 Å². The number of hydrogen-bond acceptors (Lipinski definition) is 4. The second-order valence-electron chi connectivity index (χ2n) is 9.13. The number of esters is 1. The van der Waals surface area contributed by atoms with Crippen molar-refractivity contribution in [2.24, 2.45) is 17.3 Å². The molecule has 1 fully saturated rings. The summed E-state index contributed by atoms with van der Waals surface area (Å²) < 4.78 is 218. The van der Waals surface area contributed by atoms with Gasteiger partial charge in [0.15, 0.2) is 5.41 Å². The highest BCUT2D eigenvalue weighted by Gasteiger charge is 2.80. The molecule has 1 aliphatic rings. The Morgan fingerprint density at radius 3 is 1.23 bits per heavy atom. The van der Waals surface area contributed by atoms with E-state index in [0.717, 1.165) is 0 Å². The predicted octanol–water partition coefficient (Wildman–Crippen LogP) is 7.66. The van der Waals surface area contributed by atoms with Crippen LogP contribution in [0, 0.1) is 17.3 Å². The standard InChI is InChI=1S/C20H23F15O4/c1-4-13(2,16(21,22)23)12(36)39-15(19(30,31)32,20(33,34)35)11-7-5-10(6-8-11)14(17(24,25)26,18(27,28)29)38-9-37-3/h10-11H,4-9H2,1-3H3. The first kappa shape index (κ1) is 35.4. The summed E-state index contributed by atoms with van der Waals surface area (Å²) in [5.41, 5.74) is -14.6. The van der Waals surface area contributed by atoms with Crippen LogP contribution in [0.4, 0.5) is 65.9 Å². The molecule has 1 unspecified atom stereocenters. The number of rotatable bonds is 8. The van der Waals surface area contributed by atoms with E-state index in [2.05, 4.69) is 14.2 Å². The van der Waals surface area contributed by atoms with Gasteiger partial charge in [0.25, 0.3) is 5.60 Å². The molecule has 0 heterocycles. The van der Waals surface area contributed by atoms with Gasteiger partial charge in [0.05, 0.1) is 0 Å². The van der Waals surface area contributed by atoms with Crippen LogP contribution in [0.2, 0.25) is 0 Å². The molecule has 0 spiro atoms. The first-order chi connectivity index (χ1) is 17.2. The van der Waals surface area contributed by atoms with Crippen molar-refractivity contribution >= 4 is 5.97 Å². The Balaban J connectivity index is 3.64. The minimum Gasteiger partial charge on any atom is -0.438 e. The molecule has 0 saturated heterocycles. The summed E-state index contributed by atoms with van der Waals surface area (Å²) in [5, 5.41) is 0. The maximum absolute atomic E-state index is 14.0. The average molecular weight is 612 g/mol. The molecule has 1 saturated carbocycles. The van der Waals surface area contributed by atoms with E-state index in [9.17, 15) is 70.7 Å². The average Bonchev–Trinajstić information content (AvgIpc) is 2.73. The highest BCUT2D eigenvalue weighted by atomic mass is 19.4. The lowest BCUT2D eigenvalue weighted by molar-refractivity contribution is -0.415. The van der Waals surface area contributed by atoms with Crippen molar-refractivity contribution < 1.29 is 84.9 Å². The van der Waals surface area contributed by atoms with Gasteiger partial charge in [-0.15, -0.1) is 0 Å². The second-order valence-corrected chi connectivity index (χ2v) is 9.13. The number of alkyl halides is 15. The summed E-state index contributed by atoms with van der Waals surface area (Å²) in [7, 11) is 0.648. The van der Waals surface area contributed by atoms with E-state index in [0.29, 0.717) is 14.0 Å². The lowest BCUT2D eigenvalue weighted by atomic mass is 9.67. The molecule has 4 nitrogen and oxygen atoms in total. The number of hydrogen-bond donors (Lipinski definition) is 0. The maximum Gasteiger partial charge on any atom is 0.437 e. The Morgan fingerprint density at radius 2 is 0.974 bits per heavy atom. The summed E-state index contributed by atoms with van der Waals surface area (Å²) in [5.74, 6) is -8.85. The Hall–Kier alpha value is -1.66. The fourth-order valence-electron chi connectivity index (χ4n) is 4.51. The molecule has 0 bridgehead atoms. The zero-order chi connectivity index (χ0) is 31.1. The smallest absolute Gasteiger partial charge is 0.437 e. The third-order valence-electron chi connectivity index (χ3n) is 7.00. The number of methoxy groups -OCH3 is 1. The van der Waals surface area contributed by atoms with Crippen molar-refractivity contribution in [2.75, 3.05) is 13.9 Å². The molecule has 232 valence electrons. The summed E-state index contributed by atoms with van der Waals surface area (Å²) in [6.45, 7) is -1.01. The number of halogens is 15. The minimum atomic E-state index is -6.67. The van der Waals surface area contributed by atoms with Gasteiger partial charge in [-0.3, -0.25) is 4.79 Å². The summed E-state index contributed by atoms with van der Waals surface area (Å²) in [6, 6.07) is 0. The van der Waals surface area contributed by atoms with Crippen molar-refractivity contribution in [3.63, 3.8) is 0 Å². The van der Waals surface area contributed by atoms with Gasteiger partial charge in [0, 0.05) is 18.9 Å². The third-order valence-corrected chi connectivity index (χ3v) is 7.00. The number of carbonyl (C=O) groups is 1. The Labute approximate surface area is 211 Å². The van der Waals surface area contributed by atoms with Gasteiger partial charge in [-0.05, 0) is 39.0 Å². The summed E-state index contributed by atoms with van der Waals surface area (Å²) >= 11 is 0. The van der Waals surface area contributed by atoms with Gasteiger partial charge in [-0.25, -0.2) is 0 Å². The molecular formula is C20H23F15O4. The molecule has 0 radical (unpaired) electrons. The fourth-order valence-corrected chi connectivity index (χ4v) is 4.51. The first-order valence-electron chi connectivity index (χ1n) is 10.9. The summed E-state index contributed by atoms with van der Waals surface area (Å²) in [6.07, 6.45) is -39.6. The molecule has 1 rings (SSSR count). The van der Waals surface area contributed by atoms with Gasteiger partial charge in [-0.2, -0.15) is 65.9 Å². The second kappa shape index (κ2) is 11.0. The van der Waals surface area contributed by atoms with Crippen molar-refractivity contribution in [3.8, 4) is 0 Å². The van der Waals surface area contributed by atoms with Crippen LogP contribution in [0.3, 0.4) is 0 Å². The minimum absolute atomic E-state index is 0.0160. The largest absolute Gasteiger partial charge is 0.438 e. The zero-order valence-electron chi connectivity index (χ0n) is 20.2. The molecule has 1 aliphatic carbocycles. The fraction of sp³-hybridized carbons (Fsp3) is 0.950. The highest BCUT2D eigenvalue weighted by molar-refractivity contribution is 5.78. The molecule has 0 N–H and O–H groups in total. The molecule has 0 aromatic rings. The van der Waals surface area contributed by atoms with E-state index in [4.69, 9.17) is 0 Å². The zero-order valence-corrected chi connectivity index (χ0v) is 20.2. The van der Waals surface area contributed by atoms with Crippen LogP contribution in [0.1, 0.15) is 46.0 Å². The van der Waals surface area contributed by atoms with Crippen molar-refractivity contribution in [2.45, 2.75) is 88.0 Å². The maximum atomic E-state index is 14.0. The third kappa shape index (κ3) is 6.02. The predicted molar refractivity (Wildman–Crippen MR) is 98.6 cm³/mol. The first-order valence-corrected chi connectivity index (χ1v) is 10.9. The van der Waals surface area contributed by atoms with Crippen molar-refractivity contribution in [3.05, 3.63) is 0 Å². The topological polar surface area (TPSA) is 44.8 Å². The van der Waals surface area contributed by atoms with E-state index in [1.54, 1.807) is 0 Å². The molecule has 0 aromatic heterocycles. The molecule has 1 atom stereocenters. The summed E-state index contributed by atoms with van der Waals surface area (Å²) in [4.78, 5) is 12.2. The van der Waals surface area contributed by atoms with Crippen LogP contribution in [-0.4, -0.2) is 62.0 Å². The van der Waals surface area contributed by atoms with E-state index in [-0.39, 0.29) is 6.92 Å². The molecule has 19 heteroatoms. The van der Waals surface area contributed by atoms with E-state index in [1.165, 1.54) is 0 Å². The van der Waals surface area contributed by atoms with Gasteiger partial charge in [0.2, 0.25) is 0 Å². The van der Waals surface area contributed by atoms with E-state index >= 15 is 0 Å². The molecule has 0 amide bonds. The Morgan fingerprint density at radius 1 is 0.641 bits per heavy atom. The van der Waals surface area contributed by atoms with Gasteiger partial charge in [-0.1, -0.05) is 6.92 Å². The van der Waals surface area contributed by atoms with Crippen LogP contribution in [-0.2, 0) is 19.0 Å². The van der Waals surface area contributed by atoms with Crippen LogP contribution >= 0.6 is 0 Å². The van der Waals surface area contributed by atoms with Crippen molar-refractivity contribution in [1.82, 2.24) is 0 Å². The number of ether oxygens (including phenoxy) is 3. The Kier molecular flexibility index (Phi) is 9.94. The van der Waals surface area contributed by atoms with Gasteiger partial charge >= 0.3 is 42.5 Å². The van der Waals surface area contributed by atoms with Crippen molar-refractivity contribution in [1.29, 1.82) is 0 Å². The van der Waals surface area contributed by atoms with E-state index < -0.39 is 104 Å². The monoisotopic (exact) mass is 612 g/mol. The molecular weight excluding hydrogens is 589 g/mol. The lowest BCUT2D eigenvalue weighted by Gasteiger charge is -2.49. The Bertz CT molecular complexity index is 805. The van der Waals surface area contributed by atoms with Crippen LogP contribution in [0.5, 0.6) is 0 Å². The van der Waals surface area contributed by atoms with Gasteiger partial charge < -0.3 is 14.2 Å².